The van der Waals surface area contributed by atoms with Crippen LogP contribution in [-0.4, -0.2) is 56.0 Å². The summed E-state index contributed by atoms with van der Waals surface area (Å²) in [6, 6.07) is 16.1. The standard InChI is InChI=1S/C22H25NO5/c1-13-6-8-14(9-7-13)10-15-11-23(17-5-3-2-4-16(15)17)22-21(27)20(26)19(25)18(12-24)28-22/h2-9,11,18-22,24-27H,10,12H2,1H3/t18-,19-,20+,21-,22-/m1/s1. The van der Waals surface area contributed by atoms with Gasteiger partial charge in [0.1, 0.15) is 24.4 Å². The van der Waals surface area contributed by atoms with Crippen LogP contribution in [0.5, 0.6) is 0 Å². The highest BCUT2D eigenvalue weighted by Gasteiger charge is 2.44. The lowest BCUT2D eigenvalue weighted by Gasteiger charge is -2.40. The zero-order valence-corrected chi connectivity index (χ0v) is 15.6. The Morgan fingerprint density at radius 3 is 2.36 bits per heavy atom. The number of ether oxygens (including phenoxy) is 1. The van der Waals surface area contributed by atoms with Crippen molar-refractivity contribution in [3.63, 3.8) is 0 Å². The van der Waals surface area contributed by atoms with Crippen LogP contribution in [0.3, 0.4) is 0 Å². The minimum atomic E-state index is -1.40. The normalized spacial score (nSPS) is 28.0. The molecule has 1 aromatic heterocycles. The van der Waals surface area contributed by atoms with Crippen molar-refractivity contribution in [1.82, 2.24) is 4.57 Å². The van der Waals surface area contributed by atoms with E-state index in [-0.39, 0.29) is 0 Å². The molecule has 0 aliphatic carbocycles. The molecule has 4 rings (SSSR count). The van der Waals surface area contributed by atoms with Crippen LogP contribution in [0, 0.1) is 6.92 Å². The number of aliphatic hydroxyl groups excluding tert-OH is 4. The predicted molar refractivity (Wildman–Crippen MR) is 105 cm³/mol. The molecule has 0 saturated carbocycles. The molecule has 2 aromatic carbocycles. The average Bonchev–Trinajstić information content (AvgIpc) is 3.07. The summed E-state index contributed by atoms with van der Waals surface area (Å²) in [5.41, 5.74) is 4.29. The lowest BCUT2D eigenvalue weighted by molar-refractivity contribution is -0.250. The zero-order chi connectivity index (χ0) is 19.8. The molecule has 0 spiro atoms. The lowest BCUT2D eigenvalue weighted by atomic mass is 9.98. The maximum atomic E-state index is 10.5. The molecule has 1 aliphatic heterocycles. The molecule has 1 saturated heterocycles. The highest BCUT2D eigenvalue weighted by Crippen LogP contribution is 2.33. The summed E-state index contributed by atoms with van der Waals surface area (Å²) >= 11 is 0. The van der Waals surface area contributed by atoms with Crippen LogP contribution in [0.1, 0.15) is 22.9 Å². The van der Waals surface area contributed by atoms with E-state index < -0.39 is 37.3 Å². The first-order valence-electron chi connectivity index (χ1n) is 9.44. The van der Waals surface area contributed by atoms with E-state index in [9.17, 15) is 20.4 Å². The van der Waals surface area contributed by atoms with Crippen LogP contribution in [-0.2, 0) is 11.2 Å². The van der Waals surface area contributed by atoms with Crippen molar-refractivity contribution in [3.05, 3.63) is 71.4 Å². The second kappa shape index (κ2) is 7.66. The largest absolute Gasteiger partial charge is 0.394 e. The number of benzene rings is 2. The number of nitrogens with zero attached hydrogens (tertiary/aromatic N) is 1. The molecule has 0 radical (unpaired) electrons. The number of hydrogen-bond donors (Lipinski definition) is 4. The van der Waals surface area contributed by atoms with E-state index in [1.165, 1.54) is 11.1 Å². The Bertz CT molecular complexity index is 949. The molecule has 3 aromatic rings. The third-order valence-corrected chi connectivity index (χ3v) is 5.48. The monoisotopic (exact) mass is 383 g/mol. The van der Waals surface area contributed by atoms with Crippen LogP contribution in [0.25, 0.3) is 10.9 Å². The predicted octanol–water partition coefficient (Wildman–Crippen LogP) is 1.51. The first-order valence-corrected chi connectivity index (χ1v) is 9.44. The van der Waals surface area contributed by atoms with E-state index in [1.54, 1.807) is 4.57 Å². The van der Waals surface area contributed by atoms with Crippen LogP contribution in [0.15, 0.2) is 54.7 Å². The summed E-state index contributed by atoms with van der Waals surface area (Å²) in [6.45, 7) is 1.60. The van der Waals surface area contributed by atoms with Crippen LogP contribution >= 0.6 is 0 Å². The SMILES string of the molecule is Cc1ccc(Cc2cn([C@@H]3O[C@H](CO)[C@@H](O)[C@H](O)[C@H]3O)c3ccccc23)cc1. The number of rotatable bonds is 4. The van der Waals surface area contributed by atoms with Crippen molar-refractivity contribution in [2.75, 3.05) is 6.61 Å². The Labute approximate surface area is 163 Å². The first-order chi connectivity index (χ1) is 13.5. The number of fused-ring (bicyclic) bond motifs is 1. The molecule has 2 heterocycles. The third kappa shape index (κ3) is 3.34. The minimum Gasteiger partial charge on any atom is -0.394 e. The van der Waals surface area contributed by atoms with Crippen LogP contribution < -0.4 is 0 Å². The van der Waals surface area contributed by atoms with Crippen molar-refractivity contribution in [1.29, 1.82) is 0 Å². The average molecular weight is 383 g/mol. The molecular weight excluding hydrogens is 358 g/mol. The molecule has 6 heteroatoms. The van der Waals surface area contributed by atoms with E-state index in [1.807, 2.05) is 30.5 Å². The second-order valence-electron chi connectivity index (χ2n) is 7.46. The molecule has 28 heavy (non-hydrogen) atoms. The van der Waals surface area contributed by atoms with Crippen molar-refractivity contribution in [2.45, 2.75) is 44.0 Å². The first kappa shape index (κ1) is 19.1. The van der Waals surface area contributed by atoms with Gasteiger partial charge in [-0.3, -0.25) is 0 Å². The van der Waals surface area contributed by atoms with Gasteiger partial charge in [-0.15, -0.1) is 0 Å². The molecular formula is C22H25NO5. The van der Waals surface area contributed by atoms with Gasteiger partial charge in [-0.05, 0) is 30.5 Å². The summed E-state index contributed by atoms with van der Waals surface area (Å²) in [5.74, 6) is 0. The van der Waals surface area contributed by atoms with Gasteiger partial charge in [0.15, 0.2) is 6.23 Å². The number of aromatic nitrogens is 1. The fraction of sp³-hybridized carbons (Fsp3) is 0.364. The van der Waals surface area contributed by atoms with E-state index in [2.05, 4.69) is 31.2 Å². The zero-order valence-electron chi connectivity index (χ0n) is 15.6. The van der Waals surface area contributed by atoms with Crippen LogP contribution in [0.4, 0.5) is 0 Å². The molecule has 1 fully saturated rings. The van der Waals surface area contributed by atoms with Crippen molar-refractivity contribution in [2.24, 2.45) is 0 Å². The van der Waals surface area contributed by atoms with E-state index in [0.29, 0.717) is 6.42 Å². The summed E-state index contributed by atoms with van der Waals surface area (Å²) in [5, 5.41) is 41.3. The minimum absolute atomic E-state index is 0.448. The van der Waals surface area contributed by atoms with E-state index in [0.717, 1.165) is 16.5 Å². The second-order valence-corrected chi connectivity index (χ2v) is 7.46. The highest BCUT2D eigenvalue weighted by atomic mass is 16.6. The fourth-order valence-corrected chi connectivity index (χ4v) is 3.87. The summed E-state index contributed by atoms with van der Waals surface area (Å²) in [6.07, 6.45) is -3.32. The maximum absolute atomic E-state index is 10.5. The number of para-hydroxylation sites is 1. The quantitative estimate of drug-likeness (QED) is 0.548. The van der Waals surface area contributed by atoms with Gasteiger partial charge in [0.05, 0.1) is 12.1 Å². The Kier molecular flexibility index (Phi) is 5.23. The molecule has 6 nitrogen and oxygen atoms in total. The van der Waals surface area contributed by atoms with E-state index in [4.69, 9.17) is 4.74 Å². The molecule has 1 aliphatic rings. The van der Waals surface area contributed by atoms with Gasteiger partial charge in [-0.1, -0.05) is 48.0 Å². The Balaban J connectivity index is 1.74. The van der Waals surface area contributed by atoms with Crippen molar-refractivity contribution in [3.8, 4) is 0 Å². The Morgan fingerprint density at radius 1 is 0.929 bits per heavy atom. The molecule has 0 bridgehead atoms. The van der Waals surface area contributed by atoms with Gasteiger partial charge in [-0.2, -0.15) is 0 Å². The number of aliphatic hydroxyl groups is 4. The molecule has 5 atom stereocenters. The number of aryl methyl sites for hydroxylation is 1. The molecule has 0 unspecified atom stereocenters. The van der Waals surface area contributed by atoms with Gasteiger partial charge < -0.3 is 29.7 Å². The van der Waals surface area contributed by atoms with Gasteiger partial charge in [-0.25, -0.2) is 0 Å². The van der Waals surface area contributed by atoms with Crippen molar-refractivity contribution < 1.29 is 25.2 Å². The molecule has 4 N–H and O–H groups in total. The van der Waals surface area contributed by atoms with Gasteiger partial charge in [0.2, 0.25) is 0 Å². The highest BCUT2D eigenvalue weighted by molar-refractivity contribution is 5.84. The van der Waals surface area contributed by atoms with Gasteiger partial charge in [0.25, 0.3) is 0 Å². The van der Waals surface area contributed by atoms with Crippen molar-refractivity contribution >= 4 is 10.9 Å². The van der Waals surface area contributed by atoms with Gasteiger partial charge in [0, 0.05) is 11.6 Å². The molecule has 0 amide bonds. The summed E-state index contributed by atoms with van der Waals surface area (Å²) in [4.78, 5) is 0. The van der Waals surface area contributed by atoms with Crippen LogP contribution in [0.2, 0.25) is 0 Å². The van der Waals surface area contributed by atoms with E-state index >= 15 is 0 Å². The van der Waals surface area contributed by atoms with Gasteiger partial charge >= 0.3 is 0 Å². The lowest BCUT2D eigenvalue weighted by Crippen LogP contribution is -2.56. The third-order valence-electron chi connectivity index (χ3n) is 5.48. The Hall–Kier alpha value is -2.22. The topological polar surface area (TPSA) is 95.1 Å². The Morgan fingerprint density at radius 2 is 1.64 bits per heavy atom. The number of hydrogen-bond acceptors (Lipinski definition) is 5. The molecule has 148 valence electrons. The smallest absolute Gasteiger partial charge is 0.163 e. The fourth-order valence-electron chi connectivity index (χ4n) is 3.87. The summed E-state index contributed by atoms with van der Waals surface area (Å²) in [7, 11) is 0. The maximum Gasteiger partial charge on any atom is 0.163 e. The summed E-state index contributed by atoms with van der Waals surface area (Å²) < 4.78 is 7.54.